The van der Waals surface area contributed by atoms with E-state index in [0.717, 1.165) is 16.0 Å². The molecular weight excluding hydrogens is 308 g/mol. The van der Waals surface area contributed by atoms with Crippen LogP contribution in [0.1, 0.15) is 29.9 Å². The fourth-order valence-corrected chi connectivity index (χ4v) is 3.82. The summed E-state index contributed by atoms with van der Waals surface area (Å²) in [5, 5.41) is 19.8. The Bertz CT molecular complexity index is 737. The van der Waals surface area contributed by atoms with E-state index in [1.165, 1.54) is 11.8 Å². The summed E-state index contributed by atoms with van der Waals surface area (Å²) >= 11 is 1.25. The molecule has 0 heterocycles. The average molecular weight is 326 g/mol. The first-order valence-electron chi connectivity index (χ1n) is 7.56. The smallest absolute Gasteiger partial charge is 0.173 e. The highest BCUT2D eigenvalue weighted by atomic mass is 32.2. The van der Waals surface area contributed by atoms with E-state index in [9.17, 15) is 15.0 Å². The highest BCUT2D eigenvalue weighted by Crippen LogP contribution is 2.40. The van der Waals surface area contributed by atoms with Gasteiger partial charge in [-0.3, -0.25) is 4.79 Å². The van der Waals surface area contributed by atoms with E-state index in [2.05, 4.69) is 0 Å². The van der Waals surface area contributed by atoms with Gasteiger partial charge in [0.2, 0.25) is 0 Å². The molecule has 1 atom stereocenters. The Labute approximate surface area is 139 Å². The maximum Gasteiger partial charge on any atom is 0.173 e. The molecule has 0 fully saturated rings. The zero-order valence-corrected chi connectivity index (χ0v) is 13.4. The number of aliphatic hydroxyl groups excluding tert-OH is 2. The Morgan fingerprint density at radius 3 is 2.39 bits per heavy atom. The zero-order chi connectivity index (χ0) is 16.2. The van der Waals surface area contributed by atoms with Gasteiger partial charge in [0.25, 0.3) is 0 Å². The van der Waals surface area contributed by atoms with Crippen molar-refractivity contribution in [2.24, 2.45) is 0 Å². The Hall–Kier alpha value is -2.04. The van der Waals surface area contributed by atoms with Gasteiger partial charge in [-0.2, -0.15) is 0 Å². The van der Waals surface area contributed by atoms with E-state index in [1.54, 1.807) is 0 Å². The third-order valence-corrected chi connectivity index (χ3v) is 5.30. The topological polar surface area (TPSA) is 57.5 Å². The number of thioether (sulfide) groups is 1. The van der Waals surface area contributed by atoms with Crippen molar-refractivity contribution in [2.75, 3.05) is 0 Å². The second-order valence-corrected chi connectivity index (χ2v) is 6.63. The lowest BCUT2D eigenvalue weighted by molar-refractivity contribution is -0.115. The van der Waals surface area contributed by atoms with E-state index < -0.39 is 0 Å². The molecule has 0 bridgehead atoms. The highest BCUT2D eigenvalue weighted by Gasteiger charge is 2.29. The van der Waals surface area contributed by atoms with Crippen LogP contribution >= 0.6 is 11.8 Å². The SMILES string of the molecule is O=C1CC(c2ccccc2)CC(O)=C1Sc1ccccc1CO. The minimum Gasteiger partial charge on any atom is -0.511 e. The number of benzene rings is 2. The van der Waals surface area contributed by atoms with Crippen molar-refractivity contribution >= 4 is 17.5 Å². The number of Topliss-reactive ketones (excluding diaryl/α,β-unsaturated/α-hetero) is 1. The molecule has 1 unspecified atom stereocenters. The first-order chi connectivity index (χ1) is 11.2. The summed E-state index contributed by atoms with van der Waals surface area (Å²) in [5.74, 6) is 0.134. The molecule has 0 aromatic heterocycles. The molecule has 118 valence electrons. The molecule has 4 heteroatoms. The molecular formula is C19H18O3S. The lowest BCUT2D eigenvalue weighted by Gasteiger charge is -2.23. The van der Waals surface area contributed by atoms with Gasteiger partial charge in [0.15, 0.2) is 5.78 Å². The van der Waals surface area contributed by atoms with Crippen molar-refractivity contribution in [3.63, 3.8) is 0 Å². The Balaban J connectivity index is 1.84. The molecule has 0 amide bonds. The normalized spacial score (nSPS) is 18.3. The first kappa shape index (κ1) is 15.8. The van der Waals surface area contributed by atoms with Crippen LogP contribution < -0.4 is 0 Å². The fraction of sp³-hybridized carbons (Fsp3) is 0.211. The van der Waals surface area contributed by atoms with Crippen LogP contribution in [0.3, 0.4) is 0 Å². The van der Waals surface area contributed by atoms with E-state index >= 15 is 0 Å². The monoisotopic (exact) mass is 326 g/mol. The van der Waals surface area contributed by atoms with Crippen LogP contribution in [-0.4, -0.2) is 16.0 Å². The van der Waals surface area contributed by atoms with E-state index in [0.29, 0.717) is 17.7 Å². The molecule has 2 N–H and O–H groups in total. The molecule has 2 aromatic rings. The second kappa shape index (κ2) is 7.02. The van der Waals surface area contributed by atoms with Crippen LogP contribution in [-0.2, 0) is 11.4 Å². The van der Waals surface area contributed by atoms with Gasteiger partial charge < -0.3 is 10.2 Å². The molecule has 0 radical (unpaired) electrons. The Kier molecular flexibility index (Phi) is 4.84. The molecule has 3 rings (SSSR count). The number of hydrogen-bond donors (Lipinski definition) is 2. The summed E-state index contributed by atoms with van der Waals surface area (Å²) in [6.07, 6.45) is 0.872. The lowest BCUT2D eigenvalue weighted by atomic mass is 9.86. The molecule has 2 aromatic carbocycles. The molecule has 23 heavy (non-hydrogen) atoms. The number of aliphatic hydroxyl groups is 2. The largest absolute Gasteiger partial charge is 0.511 e. The van der Waals surface area contributed by atoms with Gasteiger partial charge in [0.1, 0.15) is 5.76 Å². The highest BCUT2D eigenvalue weighted by molar-refractivity contribution is 8.04. The zero-order valence-electron chi connectivity index (χ0n) is 12.6. The Morgan fingerprint density at radius 2 is 1.70 bits per heavy atom. The summed E-state index contributed by atoms with van der Waals surface area (Å²) in [6, 6.07) is 17.2. The number of rotatable bonds is 4. The summed E-state index contributed by atoms with van der Waals surface area (Å²) in [6.45, 7) is -0.0853. The number of hydrogen-bond acceptors (Lipinski definition) is 4. The van der Waals surface area contributed by atoms with Crippen molar-refractivity contribution in [3.05, 3.63) is 76.4 Å². The third kappa shape index (κ3) is 3.49. The van der Waals surface area contributed by atoms with Gasteiger partial charge in [-0.05, 0) is 23.1 Å². The molecule has 0 saturated heterocycles. The minimum absolute atomic E-state index is 0.0288. The lowest BCUT2D eigenvalue weighted by Crippen LogP contribution is -2.17. The minimum atomic E-state index is -0.0853. The molecule has 3 nitrogen and oxygen atoms in total. The van der Waals surface area contributed by atoms with Crippen molar-refractivity contribution in [3.8, 4) is 0 Å². The van der Waals surface area contributed by atoms with Crippen molar-refractivity contribution in [1.82, 2.24) is 0 Å². The van der Waals surface area contributed by atoms with Crippen LogP contribution in [0, 0.1) is 0 Å². The average Bonchev–Trinajstić information content (AvgIpc) is 2.59. The van der Waals surface area contributed by atoms with Crippen LogP contribution in [0.4, 0.5) is 0 Å². The standard InChI is InChI=1S/C19H18O3S/c20-12-14-8-4-5-9-18(14)23-19-16(21)10-15(11-17(19)22)13-6-2-1-3-7-13/h1-9,15,20-21H,10-12H2. The van der Waals surface area contributed by atoms with Crippen LogP contribution in [0.2, 0.25) is 0 Å². The summed E-state index contributed by atoms with van der Waals surface area (Å²) in [4.78, 5) is 13.7. The fourth-order valence-electron chi connectivity index (χ4n) is 2.80. The maximum absolute atomic E-state index is 12.5. The van der Waals surface area contributed by atoms with Gasteiger partial charge in [-0.15, -0.1) is 0 Å². The second-order valence-electron chi connectivity index (χ2n) is 5.58. The molecule has 0 spiro atoms. The Morgan fingerprint density at radius 1 is 1.00 bits per heavy atom. The van der Waals surface area contributed by atoms with Crippen molar-refractivity contribution in [1.29, 1.82) is 0 Å². The van der Waals surface area contributed by atoms with Crippen LogP contribution in [0.15, 0.2) is 70.2 Å². The van der Waals surface area contributed by atoms with E-state index in [-0.39, 0.29) is 24.1 Å². The van der Waals surface area contributed by atoms with Gasteiger partial charge >= 0.3 is 0 Å². The summed E-state index contributed by atoms with van der Waals surface area (Å²) in [7, 11) is 0. The molecule has 1 aliphatic rings. The number of carbonyl (C=O) groups is 1. The van der Waals surface area contributed by atoms with E-state index in [4.69, 9.17) is 0 Å². The maximum atomic E-state index is 12.5. The van der Waals surface area contributed by atoms with Crippen molar-refractivity contribution < 1.29 is 15.0 Å². The number of carbonyl (C=O) groups excluding carboxylic acids is 1. The third-order valence-electron chi connectivity index (χ3n) is 4.01. The predicted octanol–water partition coefficient (Wildman–Crippen LogP) is 4.19. The van der Waals surface area contributed by atoms with E-state index in [1.807, 2.05) is 54.6 Å². The van der Waals surface area contributed by atoms with Crippen LogP contribution in [0.5, 0.6) is 0 Å². The first-order valence-corrected chi connectivity index (χ1v) is 8.37. The molecule has 1 aliphatic carbocycles. The summed E-state index contributed by atoms with van der Waals surface area (Å²) in [5.41, 5.74) is 1.84. The van der Waals surface area contributed by atoms with Gasteiger partial charge in [0, 0.05) is 17.7 Å². The predicted molar refractivity (Wildman–Crippen MR) is 91.3 cm³/mol. The van der Waals surface area contributed by atoms with Gasteiger partial charge in [0.05, 0.1) is 11.5 Å². The van der Waals surface area contributed by atoms with Gasteiger partial charge in [-0.1, -0.05) is 60.3 Å². The number of allylic oxidation sites excluding steroid dienone is 2. The molecule has 0 saturated carbocycles. The van der Waals surface area contributed by atoms with Crippen molar-refractivity contribution in [2.45, 2.75) is 30.3 Å². The summed E-state index contributed by atoms with van der Waals surface area (Å²) < 4.78 is 0. The van der Waals surface area contributed by atoms with Crippen LogP contribution in [0.25, 0.3) is 0 Å². The number of ketones is 1. The molecule has 0 aliphatic heterocycles. The van der Waals surface area contributed by atoms with Gasteiger partial charge in [-0.25, -0.2) is 0 Å². The quantitative estimate of drug-likeness (QED) is 0.884.